The Bertz CT molecular complexity index is 1360. The lowest BCUT2D eigenvalue weighted by molar-refractivity contribution is -0.135. The predicted molar refractivity (Wildman–Crippen MR) is 141 cm³/mol. The molecule has 2 aromatic carbocycles. The van der Waals surface area contributed by atoms with Gasteiger partial charge in [-0.25, -0.2) is 22.9 Å². The molecule has 0 aliphatic heterocycles. The van der Waals surface area contributed by atoms with Crippen molar-refractivity contribution in [2.75, 3.05) is 19.0 Å². The van der Waals surface area contributed by atoms with E-state index >= 15 is 4.39 Å². The van der Waals surface area contributed by atoms with Gasteiger partial charge in [-0.3, -0.25) is 10.1 Å². The predicted octanol–water partition coefficient (Wildman–Crippen LogP) is 6.65. The van der Waals surface area contributed by atoms with E-state index in [0.717, 1.165) is 43.4 Å². The molecule has 1 fully saturated rings. The molecule has 11 heteroatoms. The van der Waals surface area contributed by atoms with Gasteiger partial charge in [-0.15, -0.1) is 11.3 Å². The average molecular weight is 561 g/mol. The van der Waals surface area contributed by atoms with Crippen molar-refractivity contribution in [1.82, 2.24) is 4.98 Å². The number of ether oxygens (including phenoxy) is 2. The zero-order chi connectivity index (χ0) is 27.9. The lowest BCUT2D eigenvalue weighted by Gasteiger charge is -2.21. The maximum Gasteiger partial charge on any atom is 0.371 e. The molecule has 3 aromatic rings. The summed E-state index contributed by atoms with van der Waals surface area (Å²) < 4.78 is 54.6. The van der Waals surface area contributed by atoms with Crippen LogP contribution in [0.2, 0.25) is 0 Å². The van der Waals surface area contributed by atoms with E-state index < -0.39 is 40.7 Å². The summed E-state index contributed by atoms with van der Waals surface area (Å²) in [5.74, 6) is -5.29. The Balaban J connectivity index is 1.44. The number of anilines is 1. The molecule has 0 spiro atoms. The maximum absolute atomic E-state index is 15.2. The third kappa shape index (κ3) is 7.04. The van der Waals surface area contributed by atoms with Gasteiger partial charge in [0.25, 0.3) is 5.91 Å². The van der Waals surface area contributed by atoms with Gasteiger partial charge in [0.05, 0.1) is 19.4 Å². The fourth-order valence-electron chi connectivity index (χ4n) is 4.39. The van der Waals surface area contributed by atoms with Crippen molar-refractivity contribution in [2.24, 2.45) is 5.92 Å². The molecule has 1 heterocycles. The fourth-order valence-corrected chi connectivity index (χ4v) is 5.10. The molecule has 0 unspecified atom stereocenters. The topological polar surface area (TPSA) is 97.8 Å². The smallest absolute Gasteiger partial charge is 0.371 e. The van der Waals surface area contributed by atoms with Crippen molar-refractivity contribution in [3.05, 3.63) is 75.6 Å². The Morgan fingerprint density at radius 3 is 2.54 bits per heavy atom. The van der Waals surface area contributed by atoms with E-state index in [4.69, 9.17) is 9.84 Å². The van der Waals surface area contributed by atoms with Gasteiger partial charge in [-0.2, -0.15) is 0 Å². The van der Waals surface area contributed by atoms with Crippen LogP contribution in [-0.2, 0) is 20.9 Å². The van der Waals surface area contributed by atoms with Gasteiger partial charge in [-0.1, -0.05) is 31.4 Å². The van der Waals surface area contributed by atoms with Crippen LogP contribution in [0.5, 0.6) is 0 Å². The molecule has 4 rings (SSSR count). The normalized spacial score (nSPS) is 14.3. The van der Waals surface area contributed by atoms with Gasteiger partial charge in [0.2, 0.25) is 5.76 Å². The second kappa shape index (κ2) is 12.9. The van der Waals surface area contributed by atoms with Crippen LogP contribution >= 0.6 is 11.3 Å². The first-order valence-corrected chi connectivity index (χ1v) is 13.2. The number of benzene rings is 2. The number of carboxylic acids is 1. The lowest BCUT2D eigenvalue weighted by Crippen LogP contribution is -2.13. The van der Waals surface area contributed by atoms with Crippen LogP contribution in [0, 0.1) is 23.4 Å². The van der Waals surface area contributed by atoms with E-state index in [0.29, 0.717) is 29.9 Å². The summed E-state index contributed by atoms with van der Waals surface area (Å²) >= 11 is 1.02. The Hall–Kier alpha value is -3.70. The summed E-state index contributed by atoms with van der Waals surface area (Å²) in [6.45, 7) is 0.743. The number of carbonyl (C=O) groups excluding carboxylic acids is 1. The summed E-state index contributed by atoms with van der Waals surface area (Å²) in [7, 11) is 1.05. The van der Waals surface area contributed by atoms with Crippen molar-refractivity contribution in [2.45, 2.75) is 38.7 Å². The molecule has 1 aliphatic rings. The Labute approximate surface area is 227 Å². The average Bonchev–Trinajstić information content (AvgIpc) is 3.37. The second-order valence-corrected chi connectivity index (χ2v) is 10.0. The maximum atomic E-state index is 15.2. The molecular formula is C28H27F3N2O5S. The molecule has 0 saturated heterocycles. The molecular weight excluding hydrogens is 533 g/mol. The van der Waals surface area contributed by atoms with E-state index in [1.165, 1.54) is 19.3 Å². The molecule has 1 amide bonds. The zero-order valence-corrected chi connectivity index (χ0v) is 22.0. The van der Waals surface area contributed by atoms with Crippen molar-refractivity contribution in [3.63, 3.8) is 0 Å². The number of carbonyl (C=O) groups is 2. The van der Waals surface area contributed by atoms with E-state index in [2.05, 4.69) is 15.0 Å². The van der Waals surface area contributed by atoms with Crippen molar-refractivity contribution >= 4 is 34.4 Å². The number of rotatable bonds is 10. The first-order valence-electron chi connectivity index (χ1n) is 12.4. The first-order chi connectivity index (χ1) is 18.8. The highest BCUT2D eigenvalue weighted by Gasteiger charge is 2.19. The van der Waals surface area contributed by atoms with Crippen LogP contribution in [0.15, 0.2) is 41.5 Å². The molecule has 39 heavy (non-hydrogen) atoms. The number of carboxylic acid groups (broad SMARTS) is 1. The number of hydrogen-bond acceptors (Lipinski definition) is 6. The van der Waals surface area contributed by atoms with Crippen LogP contribution < -0.4 is 5.32 Å². The number of halogens is 3. The number of nitrogens with zero attached hydrogens (tertiary/aromatic N) is 1. The molecule has 1 saturated carbocycles. The van der Waals surface area contributed by atoms with E-state index in [-0.39, 0.29) is 22.9 Å². The molecule has 0 atom stereocenters. The summed E-state index contributed by atoms with van der Waals surface area (Å²) in [6, 6.07) is 6.47. The van der Waals surface area contributed by atoms with Crippen LogP contribution in [0.3, 0.4) is 0 Å². The van der Waals surface area contributed by atoms with Gasteiger partial charge in [0.1, 0.15) is 17.5 Å². The van der Waals surface area contributed by atoms with Crippen molar-refractivity contribution < 1.29 is 37.3 Å². The number of thiazole rings is 1. The van der Waals surface area contributed by atoms with Crippen molar-refractivity contribution in [3.8, 4) is 11.3 Å². The minimum absolute atomic E-state index is 0.102. The fraction of sp³-hybridized carbons (Fsp3) is 0.321. The lowest BCUT2D eigenvalue weighted by atomic mass is 9.90. The Morgan fingerprint density at radius 2 is 1.87 bits per heavy atom. The van der Waals surface area contributed by atoms with Crippen LogP contribution in [0.4, 0.5) is 18.3 Å². The number of amides is 1. The van der Waals surface area contributed by atoms with Crippen molar-refractivity contribution in [1.29, 1.82) is 0 Å². The SMILES string of the molecule is CO/C(=C\c1c(F)cc(C(=O)Nc2nc(-c3cccc(COCC4CCCCC4)c3F)cs2)cc1F)C(=O)O. The van der Waals surface area contributed by atoms with E-state index in [9.17, 15) is 18.4 Å². The standard InChI is InChI=1S/C28H27F3N2O5S/c1-37-24(27(35)36)12-20-21(29)10-18(11-22(20)30)26(34)33-28-32-23(15-39-28)19-9-5-8-17(25(19)31)14-38-13-16-6-3-2-4-7-16/h5,8-12,15-16H,2-4,6-7,13-14H2,1H3,(H,35,36)(H,32,33,34)/b24-12-. The third-order valence-electron chi connectivity index (χ3n) is 6.46. The quantitative estimate of drug-likeness (QED) is 0.213. The van der Waals surface area contributed by atoms with Crippen LogP contribution in [0.1, 0.15) is 53.6 Å². The highest BCUT2D eigenvalue weighted by Crippen LogP contribution is 2.30. The second-order valence-electron chi connectivity index (χ2n) is 9.16. The molecule has 7 nitrogen and oxygen atoms in total. The van der Waals surface area contributed by atoms with E-state index in [1.54, 1.807) is 23.6 Å². The number of nitrogens with one attached hydrogen (secondary N) is 1. The first kappa shape index (κ1) is 28.3. The summed E-state index contributed by atoms with van der Waals surface area (Å²) in [5, 5.41) is 13.1. The number of aliphatic carboxylic acids is 1. The highest BCUT2D eigenvalue weighted by atomic mass is 32.1. The Kier molecular flexibility index (Phi) is 9.36. The number of methoxy groups -OCH3 is 1. The largest absolute Gasteiger partial charge is 0.490 e. The Morgan fingerprint density at radius 1 is 1.15 bits per heavy atom. The molecule has 206 valence electrons. The van der Waals surface area contributed by atoms with Crippen LogP contribution in [0.25, 0.3) is 17.3 Å². The molecule has 1 aliphatic carbocycles. The summed E-state index contributed by atoms with van der Waals surface area (Å²) in [6.07, 6.45) is 6.62. The van der Waals surface area contributed by atoms with Gasteiger partial charge < -0.3 is 14.6 Å². The molecule has 1 aromatic heterocycles. The van der Waals surface area contributed by atoms with Gasteiger partial charge >= 0.3 is 5.97 Å². The molecule has 0 bridgehead atoms. The summed E-state index contributed by atoms with van der Waals surface area (Å²) in [4.78, 5) is 27.9. The summed E-state index contributed by atoms with van der Waals surface area (Å²) in [5.41, 5.74) is -0.0786. The molecule has 2 N–H and O–H groups in total. The minimum atomic E-state index is -1.51. The van der Waals surface area contributed by atoms with E-state index in [1.807, 2.05) is 0 Å². The van der Waals surface area contributed by atoms with Gasteiger partial charge in [0.15, 0.2) is 5.13 Å². The number of hydrogen-bond donors (Lipinski definition) is 2. The third-order valence-corrected chi connectivity index (χ3v) is 7.22. The monoisotopic (exact) mass is 560 g/mol. The number of aromatic nitrogens is 1. The highest BCUT2D eigenvalue weighted by molar-refractivity contribution is 7.14. The molecule has 0 radical (unpaired) electrons. The zero-order valence-electron chi connectivity index (χ0n) is 21.1. The van der Waals surface area contributed by atoms with Gasteiger partial charge in [0, 0.05) is 40.3 Å². The van der Waals surface area contributed by atoms with Crippen LogP contribution in [-0.4, -0.2) is 35.7 Å². The minimum Gasteiger partial charge on any atom is -0.490 e. The van der Waals surface area contributed by atoms with Gasteiger partial charge in [-0.05, 0) is 37.0 Å².